The monoisotopic (exact) mass is 411 g/mol. The normalized spacial score (nSPS) is 10.9. The molecule has 0 atom stereocenters. The molecular weight excluding hydrogens is 394 g/mol. The second-order valence-electron chi connectivity index (χ2n) is 6.18. The summed E-state index contributed by atoms with van der Waals surface area (Å²) in [7, 11) is -3.79. The van der Waals surface area contributed by atoms with Gasteiger partial charge in [-0.2, -0.15) is 0 Å². The molecule has 0 fully saturated rings. The number of carbonyl (C=O) groups excluding carboxylic acids is 1. The van der Waals surface area contributed by atoms with Crippen LogP contribution in [0.15, 0.2) is 77.7 Å². The number of nitrogens with one attached hydrogen (secondary N) is 2. The van der Waals surface area contributed by atoms with Crippen LogP contribution in [0, 0.1) is 17.0 Å². The van der Waals surface area contributed by atoms with E-state index in [1.165, 1.54) is 30.3 Å². The van der Waals surface area contributed by atoms with E-state index in [9.17, 15) is 23.3 Å². The van der Waals surface area contributed by atoms with Gasteiger partial charge in [0.1, 0.15) is 5.56 Å². The maximum atomic E-state index is 12.6. The zero-order valence-corrected chi connectivity index (χ0v) is 16.1. The first kappa shape index (κ1) is 20.0. The first-order valence-corrected chi connectivity index (χ1v) is 9.99. The molecular formula is C20H17N3O5S. The first-order chi connectivity index (χ1) is 13.8. The van der Waals surface area contributed by atoms with E-state index in [-0.39, 0.29) is 21.8 Å². The number of nitro benzene ring substituents is 1. The molecule has 8 nitrogen and oxygen atoms in total. The van der Waals surface area contributed by atoms with Crippen molar-refractivity contribution < 1.29 is 18.1 Å². The number of hydrogen-bond acceptors (Lipinski definition) is 5. The molecule has 0 aliphatic rings. The molecule has 0 radical (unpaired) electrons. The average Bonchev–Trinajstić information content (AvgIpc) is 2.68. The fourth-order valence-corrected chi connectivity index (χ4v) is 3.83. The number of para-hydroxylation sites is 1. The molecule has 0 unspecified atom stereocenters. The van der Waals surface area contributed by atoms with Crippen LogP contribution in [0.25, 0.3) is 0 Å². The van der Waals surface area contributed by atoms with E-state index in [1.807, 2.05) is 0 Å². The van der Waals surface area contributed by atoms with Crippen LogP contribution >= 0.6 is 0 Å². The Kier molecular flexibility index (Phi) is 5.60. The van der Waals surface area contributed by atoms with Crippen molar-refractivity contribution in [3.05, 3.63) is 94.0 Å². The SMILES string of the molecule is Cc1cccc(C(=O)Nc2cccc(NS(=O)(=O)c3ccccc3)c2)c1[N+](=O)[O-]. The molecule has 29 heavy (non-hydrogen) atoms. The van der Waals surface area contributed by atoms with Gasteiger partial charge in [0.2, 0.25) is 0 Å². The molecule has 148 valence electrons. The molecule has 0 aliphatic carbocycles. The quantitative estimate of drug-likeness (QED) is 0.470. The van der Waals surface area contributed by atoms with Crippen molar-refractivity contribution in [2.75, 3.05) is 10.0 Å². The van der Waals surface area contributed by atoms with Crippen molar-refractivity contribution in [2.45, 2.75) is 11.8 Å². The third kappa shape index (κ3) is 4.58. The summed E-state index contributed by atoms with van der Waals surface area (Å²) in [5.74, 6) is -0.663. The molecule has 2 N–H and O–H groups in total. The van der Waals surface area contributed by atoms with Gasteiger partial charge in [0.25, 0.3) is 21.6 Å². The predicted molar refractivity (Wildman–Crippen MR) is 109 cm³/mol. The van der Waals surface area contributed by atoms with E-state index in [0.29, 0.717) is 11.3 Å². The summed E-state index contributed by atoms with van der Waals surface area (Å²) in [6.45, 7) is 1.55. The van der Waals surface area contributed by atoms with E-state index >= 15 is 0 Å². The lowest BCUT2D eigenvalue weighted by molar-refractivity contribution is -0.385. The van der Waals surface area contributed by atoms with Crippen LogP contribution in [0.1, 0.15) is 15.9 Å². The smallest absolute Gasteiger partial charge is 0.285 e. The lowest BCUT2D eigenvalue weighted by atomic mass is 10.1. The number of carbonyl (C=O) groups is 1. The Hall–Kier alpha value is -3.72. The molecule has 0 spiro atoms. The number of anilines is 2. The second kappa shape index (κ2) is 8.11. The lowest BCUT2D eigenvalue weighted by Crippen LogP contribution is -2.15. The molecule has 0 bridgehead atoms. The largest absolute Gasteiger partial charge is 0.322 e. The van der Waals surface area contributed by atoms with Crippen molar-refractivity contribution in [1.29, 1.82) is 0 Å². The minimum Gasteiger partial charge on any atom is -0.322 e. The van der Waals surface area contributed by atoms with Crippen LogP contribution in [0.3, 0.4) is 0 Å². The second-order valence-corrected chi connectivity index (χ2v) is 7.86. The Morgan fingerprint density at radius 1 is 0.931 bits per heavy atom. The Bertz CT molecular complexity index is 1180. The van der Waals surface area contributed by atoms with Crippen LogP contribution in [-0.4, -0.2) is 19.2 Å². The molecule has 0 heterocycles. The molecule has 0 aromatic heterocycles. The van der Waals surface area contributed by atoms with E-state index < -0.39 is 20.9 Å². The minimum atomic E-state index is -3.79. The first-order valence-electron chi connectivity index (χ1n) is 8.51. The number of amides is 1. The van der Waals surface area contributed by atoms with Crippen LogP contribution in [0.5, 0.6) is 0 Å². The van der Waals surface area contributed by atoms with Crippen LogP contribution in [0.2, 0.25) is 0 Å². The van der Waals surface area contributed by atoms with Gasteiger partial charge >= 0.3 is 0 Å². The molecule has 3 aromatic rings. The number of hydrogen-bond donors (Lipinski definition) is 2. The predicted octanol–water partition coefficient (Wildman–Crippen LogP) is 3.96. The van der Waals surface area contributed by atoms with Gasteiger partial charge in [0.05, 0.1) is 15.5 Å². The number of benzene rings is 3. The maximum Gasteiger partial charge on any atom is 0.285 e. The number of aryl methyl sites for hydroxylation is 1. The zero-order valence-electron chi connectivity index (χ0n) is 15.3. The minimum absolute atomic E-state index is 0.0785. The van der Waals surface area contributed by atoms with Gasteiger partial charge in [0, 0.05) is 11.3 Å². The van der Waals surface area contributed by atoms with Gasteiger partial charge < -0.3 is 5.32 Å². The summed E-state index contributed by atoms with van der Waals surface area (Å²) in [6, 6.07) is 18.4. The molecule has 0 saturated carbocycles. The van der Waals surface area contributed by atoms with Crippen LogP contribution in [0.4, 0.5) is 17.1 Å². The number of sulfonamides is 1. The van der Waals surface area contributed by atoms with Crippen LogP contribution in [-0.2, 0) is 10.0 Å². The summed E-state index contributed by atoms with van der Waals surface area (Å²) in [4.78, 5) is 23.3. The van der Waals surface area contributed by atoms with Gasteiger partial charge in [-0.15, -0.1) is 0 Å². The van der Waals surface area contributed by atoms with Gasteiger partial charge in [-0.25, -0.2) is 8.42 Å². The van der Waals surface area contributed by atoms with E-state index in [0.717, 1.165) is 0 Å². The van der Waals surface area contributed by atoms with E-state index in [2.05, 4.69) is 10.0 Å². The van der Waals surface area contributed by atoms with Gasteiger partial charge in [-0.05, 0) is 43.3 Å². The highest BCUT2D eigenvalue weighted by atomic mass is 32.2. The molecule has 3 aromatic carbocycles. The Labute approximate surface area is 167 Å². The molecule has 3 rings (SSSR count). The summed E-state index contributed by atoms with van der Waals surface area (Å²) in [6.07, 6.45) is 0. The highest BCUT2D eigenvalue weighted by molar-refractivity contribution is 7.92. The summed E-state index contributed by atoms with van der Waals surface area (Å²) in [5, 5.41) is 13.9. The third-order valence-corrected chi connectivity index (χ3v) is 5.49. The fourth-order valence-electron chi connectivity index (χ4n) is 2.76. The highest BCUT2D eigenvalue weighted by Gasteiger charge is 2.22. The molecule has 9 heteroatoms. The topological polar surface area (TPSA) is 118 Å². The molecule has 0 saturated heterocycles. The Morgan fingerprint density at radius 2 is 1.59 bits per heavy atom. The van der Waals surface area contributed by atoms with Gasteiger partial charge in [-0.3, -0.25) is 19.6 Å². The van der Waals surface area contributed by atoms with Crippen molar-refractivity contribution in [2.24, 2.45) is 0 Å². The molecule has 1 amide bonds. The number of rotatable bonds is 6. The summed E-state index contributed by atoms with van der Waals surface area (Å²) < 4.78 is 27.3. The standard InChI is InChI=1S/C20H17N3O5S/c1-14-7-5-12-18(19(14)23(25)26)20(24)21-15-8-6-9-16(13-15)22-29(27,28)17-10-3-2-4-11-17/h2-13,22H,1H3,(H,21,24). The third-order valence-electron chi connectivity index (χ3n) is 4.09. The summed E-state index contributed by atoms with van der Waals surface area (Å²) >= 11 is 0. The fraction of sp³-hybridized carbons (Fsp3) is 0.0500. The highest BCUT2D eigenvalue weighted by Crippen LogP contribution is 2.25. The van der Waals surface area contributed by atoms with Gasteiger partial charge in [-0.1, -0.05) is 36.4 Å². The Morgan fingerprint density at radius 3 is 2.28 bits per heavy atom. The summed E-state index contributed by atoms with van der Waals surface area (Å²) in [5.41, 5.74) is 0.549. The van der Waals surface area contributed by atoms with Crippen molar-refractivity contribution in [3.63, 3.8) is 0 Å². The van der Waals surface area contributed by atoms with E-state index in [4.69, 9.17) is 0 Å². The average molecular weight is 411 g/mol. The van der Waals surface area contributed by atoms with Crippen molar-refractivity contribution in [3.8, 4) is 0 Å². The van der Waals surface area contributed by atoms with E-state index in [1.54, 1.807) is 49.4 Å². The Balaban J connectivity index is 1.83. The van der Waals surface area contributed by atoms with Crippen LogP contribution < -0.4 is 10.0 Å². The lowest BCUT2D eigenvalue weighted by Gasteiger charge is -2.11. The number of nitro groups is 1. The molecule has 0 aliphatic heterocycles. The zero-order chi connectivity index (χ0) is 21.0. The number of nitrogens with zero attached hydrogens (tertiary/aromatic N) is 1. The van der Waals surface area contributed by atoms with Crippen molar-refractivity contribution >= 4 is 33.0 Å². The van der Waals surface area contributed by atoms with Crippen molar-refractivity contribution in [1.82, 2.24) is 0 Å². The van der Waals surface area contributed by atoms with Gasteiger partial charge in [0.15, 0.2) is 0 Å². The maximum absolute atomic E-state index is 12.6.